The van der Waals surface area contributed by atoms with E-state index in [1.54, 1.807) is 11.8 Å². The van der Waals surface area contributed by atoms with Gasteiger partial charge in [0, 0.05) is 0 Å². The van der Waals surface area contributed by atoms with E-state index in [0.29, 0.717) is 0 Å². The van der Waals surface area contributed by atoms with Crippen LogP contribution in [0, 0.1) is 76.0 Å². The summed E-state index contributed by atoms with van der Waals surface area (Å²) in [5.74, 6) is 8.90. The SMILES string of the molecule is [CH3-].[CH3-].[C]1[C][C](CC[C]2[C][C][C]3CCCC[C]32)[C]2CCCC[C]12.[Zr+2]. The molecule has 0 atom stereocenters. The molecule has 4 fully saturated rings. The van der Waals surface area contributed by atoms with Crippen molar-refractivity contribution in [3.05, 3.63) is 76.0 Å². The van der Waals surface area contributed by atoms with Crippen molar-refractivity contribution in [2.45, 2.75) is 64.2 Å². The van der Waals surface area contributed by atoms with E-state index in [1.807, 2.05) is 0 Å². The largest absolute Gasteiger partial charge is 2.00 e. The predicted octanol–water partition coefficient (Wildman–Crippen LogP) is 5.61. The Morgan fingerprint density at radius 3 is 1.39 bits per heavy atom. The molecule has 4 rings (SSSR count). The van der Waals surface area contributed by atoms with Crippen LogP contribution in [-0.2, 0) is 26.2 Å². The zero-order valence-corrected chi connectivity index (χ0v) is 17.0. The van der Waals surface area contributed by atoms with Crippen molar-refractivity contribution >= 4 is 0 Å². The summed E-state index contributed by atoms with van der Waals surface area (Å²) in [5, 5.41) is 0. The summed E-state index contributed by atoms with van der Waals surface area (Å²) < 4.78 is 0. The topological polar surface area (TPSA) is 0 Å². The first kappa shape index (κ1) is 21.9. The third-order valence-electron chi connectivity index (χ3n) is 5.02. The Bertz CT molecular complexity index is 294. The molecule has 4 saturated carbocycles. The van der Waals surface area contributed by atoms with E-state index in [4.69, 9.17) is 0 Å². The van der Waals surface area contributed by atoms with Gasteiger partial charge in [0.1, 0.15) is 0 Å². The summed E-state index contributed by atoms with van der Waals surface area (Å²) in [4.78, 5) is 0. The first-order chi connectivity index (χ1) is 9.92. The minimum atomic E-state index is 0. The molecule has 0 saturated heterocycles. The Morgan fingerprint density at radius 2 is 0.957 bits per heavy atom. The standard InChI is InChI=1S/C20H20.2CH3.Zr/c1-3-7-19-15(5-1)9-11-17(19)13-14-18-12-10-16-6-2-4-8-20(16)18;;;/h1-8,13-14H2;2*1H3;/q;2*-1;+2. The van der Waals surface area contributed by atoms with Crippen LogP contribution < -0.4 is 0 Å². The fourth-order valence-electron chi connectivity index (χ4n) is 3.88. The summed E-state index contributed by atoms with van der Waals surface area (Å²) in [6.07, 6.45) is 26.1. The zero-order chi connectivity index (χ0) is 13.4. The van der Waals surface area contributed by atoms with Crippen LogP contribution >= 0.6 is 0 Å². The molecule has 0 aromatic heterocycles. The normalized spacial score (nSPS) is 27.7. The molecule has 4 aliphatic rings. The Kier molecular flexibility index (Phi) is 9.66. The van der Waals surface area contributed by atoms with Gasteiger partial charge in [0.25, 0.3) is 0 Å². The van der Waals surface area contributed by atoms with E-state index in [9.17, 15) is 0 Å². The fourth-order valence-corrected chi connectivity index (χ4v) is 3.88. The van der Waals surface area contributed by atoms with Gasteiger partial charge in [-0.2, -0.15) is 0 Å². The molecule has 0 nitrogen and oxygen atoms in total. The Morgan fingerprint density at radius 1 is 0.565 bits per heavy atom. The van der Waals surface area contributed by atoms with E-state index in [0.717, 1.165) is 12.8 Å². The molecule has 0 N–H and O–H groups in total. The van der Waals surface area contributed by atoms with Gasteiger partial charge in [-0.25, -0.2) is 0 Å². The molecule has 0 aromatic carbocycles. The quantitative estimate of drug-likeness (QED) is 0.557. The van der Waals surface area contributed by atoms with Gasteiger partial charge < -0.3 is 14.9 Å². The van der Waals surface area contributed by atoms with Gasteiger partial charge in [-0.3, -0.25) is 0 Å². The van der Waals surface area contributed by atoms with Crippen LogP contribution in [0.2, 0.25) is 0 Å². The Hall–Kier alpha value is 0.883. The molecule has 0 spiro atoms. The minimum absolute atomic E-state index is 0. The fraction of sp³-hybridized carbons (Fsp3) is 0.455. The number of hydrogen-bond donors (Lipinski definition) is 0. The monoisotopic (exact) mass is 380 g/mol. The van der Waals surface area contributed by atoms with Crippen molar-refractivity contribution in [2.75, 3.05) is 0 Å². The molecule has 1 heteroatoms. The van der Waals surface area contributed by atoms with Crippen molar-refractivity contribution in [3.8, 4) is 0 Å². The zero-order valence-electron chi connectivity index (χ0n) is 14.6. The third kappa shape index (κ3) is 4.74. The molecule has 4 aliphatic carbocycles. The molecule has 0 unspecified atom stereocenters. The van der Waals surface area contributed by atoms with Gasteiger partial charge >= 0.3 is 26.2 Å². The number of rotatable bonds is 3. The van der Waals surface area contributed by atoms with E-state index in [1.165, 1.54) is 75.0 Å². The molecular formula is C22H26Zr. The first-order valence-corrected chi connectivity index (χ1v) is 8.12. The average Bonchev–Trinajstić information content (AvgIpc) is 3.09. The molecule has 0 bridgehead atoms. The van der Waals surface area contributed by atoms with E-state index in [2.05, 4.69) is 25.7 Å². The van der Waals surface area contributed by atoms with Crippen LogP contribution in [0.4, 0.5) is 0 Å². The molecule has 23 heavy (non-hydrogen) atoms. The summed E-state index contributed by atoms with van der Waals surface area (Å²) in [7, 11) is 0. The van der Waals surface area contributed by atoms with Gasteiger partial charge in [-0.1, -0.05) is 25.7 Å². The van der Waals surface area contributed by atoms with Gasteiger partial charge in [-0.05, 0) is 99.7 Å². The number of fused-ring (bicyclic) bond motifs is 2. The first-order valence-electron chi connectivity index (χ1n) is 8.12. The Balaban J connectivity index is 0.000000882. The Labute approximate surface area is 166 Å². The van der Waals surface area contributed by atoms with E-state index < -0.39 is 0 Å². The summed E-state index contributed by atoms with van der Waals surface area (Å²) >= 11 is 0. The maximum Gasteiger partial charge on any atom is 2.00 e. The van der Waals surface area contributed by atoms with Crippen LogP contribution in [-0.4, -0.2) is 0 Å². The van der Waals surface area contributed by atoms with Gasteiger partial charge in [-0.15, -0.1) is 0 Å². The van der Waals surface area contributed by atoms with Crippen LogP contribution in [0.15, 0.2) is 0 Å². The van der Waals surface area contributed by atoms with Gasteiger partial charge in [0.2, 0.25) is 0 Å². The molecule has 118 valence electrons. The van der Waals surface area contributed by atoms with Crippen molar-refractivity contribution in [1.29, 1.82) is 0 Å². The summed E-state index contributed by atoms with van der Waals surface area (Å²) in [6.45, 7) is 0. The third-order valence-corrected chi connectivity index (χ3v) is 5.02. The molecule has 0 aromatic rings. The maximum atomic E-state index is 3.41. The minimum Gasteiger partial charge on any atom is -0.358 e. The summed E-state index contributed by atoms with van der Waals surface area (Å²) in [5.41, 5.74) is 0. The number of hydrogen-bond acceptors (Lipinski definition) is 0. The second kappa shape index (κ2) is 10.1. The van der Waals surface area contributed by atoms with Crippen molar-refractivity contribution in [1.82, 2.24) is 0 Å². The molecule has 14 radical (unpaired) electrons. The molecule has 0 amide bonds. The van der Waals surface area contributed by atoms with Crippen LogP contribution in [0.1, 0.15) is 64.2 Å². The van der Waals surface area contributed by atoms with E-state index >= 15 is 0 Å². The van der Waals surface area contributed by atoms with Crippen LogP contribution in [0.3, 0.4) is 0 Å². The predicted molar refractivity (Wildman–Crippen MR) is 91.4 cm³/mol. The second-order valence-electron chi connectivity index (χ2n) is 6.29. The maximum absolute atomic E-state index is 3.41. The van der Waals surface area contributed by atoms with Crippen LogP contribution in [0.25, 0.3) is 0 Å². The van der Waals surface area contributed by atoms with Crippen molar-refractivity contribution < 1.29 is 26.2 Å². The van der Waals surface area contributed by atoms with Crippen molar-refractivity contribution in [3.63, 3.8) is 0 Å². The molecular weight excluding hydrogens is 355 g/mol. The van der Waals surface area contributed by atoms with Gasteiger partial charge in [0.15, 0.2) is 0 Å². The summed E-state index contributed by atoms with van der Waals surface area (Å²) in [6, 6.07) is 0. The van der Waals surface area contributed by atoms with Gasteiger partial charge in [0.05, 0.1) is 0 Å². The average molecular weight is 382 g/mol. The van der Waals surface area contributed by atoms with Crippen LogP contribution in [0.5, 0.6) is 0 Å². The second-order valence-corrected chi connectivity index (χ2v) is 6.29. The molecule has 0 aliphatic heterocycles. The van der Waals surface area contributed by atoms with Crippen molar-refractivity contribution in [2.24, 2.45) is 0 Å². The smallest absolute Gasteiger partial charge is 0.358 e. The molecule has 0 heterocycles. The van der Waals surface area contributed by atoms with E-state index in [-0.39, 0.29) is 41.1 Å².